The highest BCUT2D eigenvalue weighted by Crippen LogP contribution is 2.23. The Bertz CT molecular complexity index is 1500. The van der Waals surface area contributed by atoms with Gasteiger partial charge in [-0.2, -0.15) is 0 Å². The number of pyridine rings is 1. The molecule has 0 atom stereocenters. The molecule has 4 rings (SSSR count). The lowest BCUT2D eigenvalue weighted by Crippen LogP contribution is -2.38. The first-order chi connectivity index (χ1) is 15.8. The topological polar surface area (TPSA) is 119 Å². The minimum atomic E-state index is -3.66. The maximum atomic E-state index is 12.6. The number of aromatic amines is 1. The summed E-state index contributed by atoms with van der Waals surface area (Å²) < 4.78 is 30.5. The Balaban J connectivity index is 1.59. The maximum absolute atomic E-state index is 12.6. The van der Waals surface area contributed by atoms with E-state index in [1.807, 2.05) is 19.1 Å². The normalized spacial score (nSPS) is 11.8. The van der Waals surface area contributed by atoms with E-state index in [0.717, 1.165) is 16.6 Å². The second-order valence-electron chi connectivity index (χ2n) is 7.77. The molecule has 0 fully saturated rings. The zero-order valence-electron chi connectivity index (χ0n) is 18.4. The van der Waals surface area contributed by atoms with Gasteiger partial charge in [-0.1, -0.05) is 19.1 Å². The van der Waals surface area contributed by atoms with Crippen molar-refractivity contribution in [3.05, 3.63) is 81.3 Å². The largest absolute Gasteiger partial charge is 0.349 e. The molecule has 0 aliphatic rings. The Hall–Kier alpha value is -3.50. The minimum Gasteiger partial charge on any atom is -0.349 e. The van der Waals surface area contributed by atoms with Crippen molar-refractivity contribution >= 4 is 21.1 Å². The van der Waals surface area contributed by atoms with Gasteiger partial charge in [-0.25, -0.2) is 17.9 Å². The highest BCUT2D eigenvalue weighted by molar-refractivity contribution is 7.89. The van der Waals surface area contributed by atoms with Gasteiger partial charge in [0, 0.05) is 38.2 Å². The fourth-order valence-electron chi connectivity index (χ4n) is 3.73. The van der Waals surface area contributed by atoms with E-state index in [1.54, 1.807) is 35.2 Å². The summed E-state index contributed by atoms with van der Waals surface area (Å²) in [5.41, 5.74) is 2.45. The lowest BCUT2D eigenvalue weighted by Gasteiger charge is -2.07. The van der Waals surface area contributed by atoms with Gasteiger partial charge in [0.05, 0.1) is 10.4 Å². The summed E-state index contributed by atoms with van der Waals surface area (Å²) >= 11 is 0. The first kappa shape index (κ1) is 22.7. The summed E-state index contributed by atoms with van der Waals surface area (Å²) in [6.45, 7) is 2.72. The number of nitrogens with zero attached hydrogens (tertiary/aromatic N) is 3. The molecule has 0 unspecified atom stereocenters. The Kier molecular flexibility index (Phi) is 6.30. The molecule has 172 valence electrons. The number of hydrogen-bond donors (Lipinski definition) is 2. The molecule has 0 bridgehead atoms. The van der Waals surface area contributed by atoms with Crippen molar-refractivity contribution in [1.29, 1.82) is 0 Å². The van der Waals surface area contributed by atoms with Gasteiger partial charge < -0.3 is 4.98 Å². The number of rotatable bonds is 8. The summed E-state index contributed by atoms with van der Waals surface area (Å²) in [4.78, 5) is 32.3. The van der Waals surface area contributed by atoms with Crippen LogP contribution in [-0.4, -0.2) is 34.1 Å². The molecule has 33 heavy (non-hydrogen) atoms. The van der Waals surface area contributed by atoms with Gasteiger partial charge >= 0.3 is 5.69 Å². The van der Waals surface area contributed by atoms with Gasteiger partial charge in [0.1, 0.15) is 5.52 Å². The molecule has 10 heteroatoms. The highest BCUT2D eigenvalue weighted by Gasteiger charge is 2.16. The fourth-order valence-corrected chi connectivity index (χ4v) is 4.76. The molecule has 0 aliphatic carbocycles. The van der Waals surface area contributed by atoms with Gasteiger partial charge in [0.2, 0.25) is 10.0 Å². The second-order valence-corrected chi connectivity index (χ2v) is 9.54. The van der Waals surface area contributed by atoms with E-state index in [2.05, 4.69) is 14.7 Å². The predicted molar refractivity (Wildman–Crippen MR) is 127 cm³/mol. The van der Waals surface area contributed by atoms with Gasteiger partial charge in [-0.3, -0.25) is 18.9 Å². The Morgan fingerprint density at radius 3 is 2.42 bits per heavy atom. The third kappa shape index (κ3) is 4.53. The van der Waals surface area contributed by atoms with Crippen LogP contribution in [0.25, 0.3) is 22.3 Å². The van der Waals surface area contributed by atoms with Crippen LogP contribution in [0.1, 0.15) is 18.9 Å². The molecule has 0 aliphatic heterocycles. The van der Waals surface area contributed by atoms with Crippen LogP contribution in [0.15, 0.2) is 69.3 Å². The number of nitrogens with one attached hydrogen (secondary N) is 2. The molecule has 0 spiro atoms. The van der Waals surface area contributed by atoms with Crippen molar-refractivity contribution in [2.45, 2.75) is 31.2 Å². The molecule has 2 N–H and O–H groups in total. The molecule has 0 radical (unpaired) electrons. The van der Waals surface area contributed by atoms with E-state index in [4.69, 9.17) is 0 Å². The van der Waals surface area contributed by atoms with Crippen LogP contribution < -0.4 is 16.0 Å². The van der Waals surface area contributed by atoms with Crippen molar-refractivity contribution < 1.29 is 8.42 Å². The van der Waals surface area contributed by atoms with Gasteiger partial charge in [-0.05, 0) is 54.3 Å². The number of aryl methyl sites for hydroxylation is 1. The third-order valence-electron chi connectivity index (χ3n) is 5.50. The Labute approximate surface area is 190 Å². The number of H-pyrrole nitrogens is 1. The van der Waals surface area contributed by atoms with Crippen LogP contribution >= 0.6 is 0 Å². The quantitative estimate of drug-likeness (QED) is 0.411. The smallest absolute Gasteiger partial charge is 0.331 e. The van der Waals surface area contributed by atoms with Gasteiger partial charge in [-0.15, -0.1) is 0 Å². The van der Waals surface area contributed by atoms with Crippen molar-refractivity contribution in [2.75, 3.05) is 6.54 Å². The predicted octanol–water partition coefficient (Wildman–Crippen LogP) is 2.02. The molecule has 4 aromatic rings. The standard InChI is InChI=1S/C23H25N5O4S/c1-3-14-28-20-15-19(26-21(20)22(29)27(2)23(28)30)17-4-6-18(7-5-17)33(31,32)25-13-10-16-8-11-24-12-9-16/h4-9,11-12,15,25-26H,3,10,13-14H2,1-2H3. The number of sulfonamides is 1. The van der Waals surface area contributed by atoms with Crippen LogP contribution in [-0.2, 0) is 30.0 Å². The molecular formula is C23H25N5O4S. The fraction of sp³-hybridized carbons (Fsp3) is 0.261. The molecule has 9 nitrogen and oxygen atoms in total. The molecule has 1 aromatic carbocycles. The molecule has 3 aromatic heterocycles. The number of fused-ring (bicyclic) bond motifs is 1. The summed E-state index contributed by atoms with van der Waals surface area (Å²) in [7, 11) is -2.20. The lowest BCUT2D eigenvalue weighted by atomic mass is 10.1. The Morgan fingerprint density at radius 2 is 1.76 bits per heavy atom. The van der Waals surface area contributed by atoms with E-state index in [-0.39, 0.29) is 17.1 Å². The Morgan fingerprint density at radius 1 is 1.06 bits per heavy atom. The zero-order valence-corrected chi connectivity index (χ0v) is 19.2. The van der Waals surface area contributed by atoms with E-state index in [9.17, 15) is 18.0 Å². The number of hydrogen-bond acceptors (Lipinski definition) is 5. The van der Waals surface area contributed by atoms with E-state index < -0.39 is 15.6 Å². The van der Waals surface area contributed by atoms with Gasteiger partial charge in [0.25, 0.3) is 5.56 Å². The van der Waals surface area contributed by atoms with Crippen LogP contribution in [0.4, 0.5) is 0 Å². The number of aromatic nitrogens is 4. The van der Waals surface area contributed by atoms with Crippen LogP contribution in [0.3, 0.4) is 0 Å². The minimum absolute atomic E-state index is 0.149. The first-order valence-corrected chi connectivity index (χ1v) is 12.1. The summed E-state index contributed by atoms with van der Waals surface area (Å²) in [6.07, 6.45) is 4.64. The average Bonchev–Trinajstić information content (AvgIpc) is 3.26. The average molecular weight is 468 g/mol. The van der Waals surface area contributed by atoms with Crippen molar-refractivity contribution in [1.82, 2.24) is 23.8 Å². The molecular weight excluding hydrogens is 442 g/mol. The first-order valence-electron chi connectivity index (χ1n) is 10.6. The second kappa shape index (κ2) is 9.16. The van der Waals surface area contributed by atoms with Crippen LogP contribution in [0.5, 0.6) is 0 Å². The van der Waals surface area contributed by atoms with Gasteiger partial charge in [0.15, 0.2) is 0 Å². The molecule has 3 heterocycles. The van der Waals surface area contributed by atoms with E-state index in [0.29, 0.717) is 35.3 Å². The van der Waals surface area contributed by atoms with Crippen LogP contribution in [0.2, 0.25) is 0 Å². The monoisotopic (exact) mass is 467 g/mol. The lowest BCUT2D eigenvalue weighted by molar-refractivity contribution is 0.581. The van der Waals surface area contributed by atoms with Crippen LogP contribution in [0, 0.1) is 0 Å². The highest BCUT2D eigenvalue weighted by atomic mass is 32.2. The van der Waals surface area contributed by atoms with Crippen molar-refractivity contribution in [3.63, 3.8) is 0 Å². The summed E-state index contributed by atoms with van der Waals surface area (Å²) in [6, 6.07) is 11.8. The van der Waals surface area contributed by atoms with Crippen molar-refractivity contribution in [3.8, 4) is 11.3 Å². The van der Waals surface area contributed by atoms with Crippen molar-refractivity contribution in [2.24, 2.45) is 7.05 Å². The molecule has 0 amide bonds. The molecule has 0 saturated heterocycles. The SMILES string of the molecule is CCCn1c(=O)n(C)c(=O)c2[nH]c(-c3ccc(S(=O)(=O)NCCc4ccncc4)cc3)cc21. The molecule has 0 saturated carbocycles. The summed E-state index contributed by atoms with van der Waals surface area (Å²) in [5.74, 6) is 0. The third-order valence-corrected chi connectivity index (χ3v) is 6.98. The van der Waals surface area contributed by atoms with E-state index in [1.165, 1.54) is 19.2 Å². The maximum Gasteiger partial charge on any atom is 0.331 e. The zero-order chi connectivity index (χ0) is 23.6. The van der Waals surface area contributed by atoms with E-state index >= 15 is 0 Å². The summed E-state index contributed by atoms with van der Waals surface area (Å²) in [5, 5.41) is 0. The number of benzene rings is 1.